The second kappa shape index (κ2) is 3.87. The lowest BCUT2D eigenvalue weighted by atomic mass is 9.79. The number of hydrogen-bond acceptors (Lipinski definition) is 4. The number of hydrogen-bond donors (Lipinski definition) is 1. The zero-order valence-electron chi connectivity index (χ0n) is 8.54. The highest BCUT2D eigenvalue weighted by Crippen LogP contribution is 2.37. The molecule has 14 heavy (non-hydrogen) atoms. The Morgan fingerprint density at radius 1 is 1.64 bits per heavy atom. The van der Waals surface area contributed by atoms with Crippen LogP contribution in [0.25, 0.3) is 0 Å². The molecule has 1 saturated heterocycles. The number of carbonyl (C=O) groups excluding carboxylic acids is 1. The standard InChI is InChI=1S/C10H17NO3/c1-2-13-9(12)8-6-11-7-10(14-8)4-3-5-10/h8,11H,2-7H2,1H3. The Balaban J connectivity index is 1.90. The quantitative estimate of drug-likeness (QED) is 0.656. The Bertz CT molecular complexity index is 225. The van der Waals surface area contributed by atoms with Crippen LogP contribution in [0.2, 0.25) is 0 Å². The highest BCUT2D eigenvalue weighted by molar-refractivity contribution is 5.75. The van der Waals surface area contributed by atoms with E-state index >= 15 is 0 Å². The van der Waals surface area contributed by atoms with Gasteiger partial charge in [0, 0.05) is 13.1 Å². The molecule has 1 N–H and O–H groups in total. The average Bonchev–Trinajstić information content (AvgIpc) is 2.16. The molecule has 1 unspecified atom stereocenters. The summed E-state index contributed by atoms with van der Waals surface area (Å²) in [6.45, 7) is 3.70. The lowest BCUT2D eigenvalue weighted by Gasteiger charge is -2.46. The summed E-state index contributed by atoms with van der Waals surface area (Å²) in [6.07, 6.45) is 2.94. The molecule has 4 nitrogen and oxygen atoms in total. The SMILES string of the molecule is CCOC(=O)C1CNCC2(CCC2)O1. The molecule has 4 heteroatoms. The first-order chi connectivity index (χ1) is 6.76. The largest absolute Gasteiger partial charge is 0.464 e. The van der Waals surface area contributed by atoms with Gasteiger partial charge in [0.15, 0.2) is 6.10 Å². The first-order valence-corrected chi connectivity index (χ1v) is 5.31. The van der Waals surface area contributed by atoms with Crippen LogP contribution in [0, 0.1) is 0 Å². The summed E-state index contributed by atoms with van der Waals surface area (Å²) in [7, 11) is 0. The summed E-state index contributed by atoms with van der Waals surface area (Å²) in [5, 5.41) is 3.24. The lowest BCUT2D eigenvalue weighted by Crippen LogP contribution is -2.59. The van der Waals surface area contributed by atoms with E-state index in [0.29, 0.717) is 13.2 Å². The molecule has 0 radical (unpaired) electrons. The van der Waals surface area contributed by atoms with Crippen LogP contribution in [0.1, 0.15) is 26.2 Å². The van der Waals surface area contributed by atoms with Crippen molar-refractivity contribution in [1.29, 1.82) is 0 Å². The van der Waals surface area contributed by atoms with Crippen LogP contribution in [0.15, 0.2) is 0 Å². The molecule has 2 aliphatic rings. The smallest absolute Gasteiger partial charge is 0.336 e. The molecule has 80 valence electrons. The Hall–Kier alpha value is -0.610. The predicted molar refractivity (Wildman–Crippen MR) is 51.0 cm³/mol. The van der Waals surface area contributed by atoms with E-state index in [4.69, 9.17) is 9.47 Å². The molecular weight excluding hydrogens is 182 g/mol. The van der Waals surface area contributed by atoms with Gasteiger partial charge in [-0.25, -0.2) is 4.79 Å². The highest BCUT2D eigenvalue weighted by atomic mass is 16.6. The third kappa shape index (κ3) is 1.77. The zero-order chi connectivity index (χ0) is 10.0. The normalized spacial score (nSPS) is 29.6. The van der Waals surface area contributed by atoms with Gasteiger partial charge >= 0.3 is 5.97 Å². The van der Waals surface area contributed by atoms with Crippen molar-refractivity contribution in [1.82, 2.24) is 5.32 Å². The van der Waals surface area contributed by atoms with E-state index in [9.17, 15) is 4.79 Å². The molecule has 0 aromatic heterocycles. The van der Waals surface area contributed by atoms with Gasteiger partial charge in [0.05, 0.1) is 12.2 Å². The van der Waals surface area contributed by atoms with Gasteiger partial charge in [-0.3, -0.25) is 0 Å². The van der Waals surface area contributed by atoms with E-state index in [1.807, 2.05) is 6.92 Å². The minimum atomic E-state index is -0.399. The van der Waals surface area contributed by atoms with Gasteiger partial charge in [-0.1, -0.05) is 0 Å². The van der Waals surface area contributed by atoms with Gasteiger partial charge < -0.3 is 14.8 Å². The molecule has 2 fully saturated rings. The molecule has 0 aromatic carbocycles. The molecule has 0 aromatic rings. The van der Waals surface area contributed by atoms with Crippen molar-refractivity contribution in [3.63, 3.8) is 0 Å². The highest BCUT2D eigenvalue weighted by Gasteiger charge is 2.44. The molecular formula is C10H17NO3. The maximum atomic E-state index is 11.4. The fraction of sp³-hybridized carbons (Fsp3) is 0.900. The zero-order valence-corrected chi connectivity index (χ0v) is 8.54. The van der Waals surface area contributed by atoms with Crippen LogP contribution in [0.3, 0.4) is 0 Å². The monoisotopic (exact) mass is 199 g/mol. The number of rotatable bonds is 2. The van der Waals surface area contributed by atoms with Crippen molar-refractivity contribution in [3.8, 4) is 0 Å². The molecule has 1 atom stereocenters. The Morgan fingerprint density at radius 3 is 3.00 bits per heavy atom. The topological polar surface area (TPSA) is 47.6 Å². The van der Waals surface area contributed by atoms with Crippen molar-refractivity contribution in [2.45, 2.75) is 37.9 Å². The number of morpholine rings is 1. The number of ether oxygens (including phenoxy) is 2. The number of nitrogens with one attached hydrogen (secondary N) is 1. The third-order valence-electron chi connectivity index (χ3n) is 2.98. The summed E-state index contributed by atoms with van der Waals surface area (Å²) >= 11 is 0. The fourth-order valence-corrected chi connectivity index (χ4v) is 2.05. The van der Waals surface area contributed by atoms with Crippen molar-refractivity contribution >= 4 is 5.97 Å². The summed E-state index contributed by atoms with van der Waals surface area (Å²) in [5.74, 6) is -0.231. The molecule has 2 rings (SSSR count). The van der Waals surface area contributed by atoms with Crippen LogP contribution in [-0.4, -0.2) is 37.4 Å². The number of carbonyl (C=O) groups is 1. The van der Waals surface area contributed by atoms with Gasteiger partial charge in [-0.2, -0.15) is 0 Å². The Labute approximate surface area is 84.0 Å². The van der Waals surface area contributed by atoms with Crippen molar-refractivity contribution in [2.24, 2.45) is 0 Å². The van der Waals surface area contributed by atoms with Gasteiger partial charge in [-0.05, 0) is 26.2 Å². The molecule has 0 amide bonds. The molecule has 1 saturated carbocycles. The molecule has 1 heterocycles. The minimum absolute atomic E-state index is 0.0598. The van der Waals surface area contributed by atoms with Crippen LogP contribution in [-0.2, 0) is 14.3 Å². The summed E-state index contributed by atoms with van der Waals surface area (Å²) in [4.78, 5) is 11.4. The third-order valence-corrected chi connectivity index (χ3v) is 2.98. The molecule has 1 aliphatic heterocycles. The van der Waals surface area contributed by atoms with Gasteiger partial charge in [0.1, 0.15) is 0 Å². The van der Waals surface area contributed by atoms with Gasteiger partial charge in [-0.15, -0.1) is 0 Å². The van der Waals surface area contributed by atoms with Gasteiger partial charge in [0.25, 0.3) is 0 Å². The van der Waals surface area contributed by atoms with Crippen LogP contribution in [0.4, 0.5) is 0 Å². The molecule has 1 aliphatic carbocycles. The summed E-state index contributed by atoms with van der Waals surface area (Å²) in [6, 6.07) is 0. The second-order valence-electron chi connectivity index (χ2n) is 4.03. The van der Waals surface area contributed by atoms with E-state index in [0.717, 1.165) is 19.4 Å². The van der Waals surface area contributed by atoms with Crippen molar-refractivity contribution in [2.75, 3.05) is 19.7 Å². The van der Waals surface area contributed by atoms with Gasteiger partial charge in [0.2, 0.25) is 0 Å². The van der Waals surface area contributed by atoms with E-state index in [2.05, 4.69) is 5.32 Å². The van der Waals surface area contributed by atoms with Crippen LogP contribution < -0.4 is 5.32 Å². The van der Waals surface area contributed by atoms with E-state index in [1.54, 1.807) is 0 Å². The molecule has 1 spiro atoms. The Morgan fingerprint density at radius 2 is 2.43 bits per heavy atom. The first-order valence-electron chi connectivity index (χ1n) is 5.31. The van der Waals surface area contributed by atoms with Crippen molar-refractivity contribution in [3.05, 3.63) is 0 Å². The Kier molecular flexibility index (Phi) is 2.74. The van der Waals surface area contributed by atoms with Crippen LogP contribution >= 0.6 is 0 Å². The summed E-state index contributed by atoms with van der Waals surface area (Å²) < 4.78 is 10.7. The van der Waals surface area contributed by atoms with E-state index in [-0.39, 0.29) is 11.6 Å². The van der Waals surface area contributed by atoms with E-state index in [1.165, 1.54) is 6.42 Å². The average molecular weight is 199 g/mol. The maximum Gasteiger partial charge on any atom is 0.336 e. The number of esters is 1. The molecule has 0 bridgehead atoms. The van der Waals surface area contributed by atoms with E-state index < -0.39 is 6.10 Å². The summed E-state index contributed by atoms with van der Waals surface area (Å²) in [5.41, 5.74) is -0.0598. The fourth-order valence-electron chi connectivity index (χ4n) is 2.05. The predicted octanol–water partition coefficient (Wildman–Crippen LogP) is 0.461. The van der Waals surface area contributed by atoms with Crippen LogP contribution in [0.5, 0.6) is 0 Å². The first kappa shape index (κ1) is 9.93. The maximum absolute atomic E-state index is 11.4. The second-order valence-corrected chi connectivity index (χ2v) is 4.03. The minimum Gasteiger partial charge on any atom is -0.464 e. The van der Waals surface area contributed by atoms with Crippen molar-refractivity contribution < 1.29 is 14.3 Å². The lowest BCUT2D eigenvalue weighted by molar-refractivity contribution is -0.190.